The minimum Gasteiger partial charge on any atom is -0.377 e. The molecule has 1 atom stereocenters. The van der Waals surface area contributed by atoms with E-state index in [1.54, 1.807) is 16.8 Å². The number of nitrogens with zero attached hydrogens (tertiary/aromatic N) is 4. The fourth-order valence-corrected chi connectivity index (χ4v) is 2.54. The summed E-state index contributed by atoms with van der Waals surface area (Å²) in [6.45, 7) is 4.46. The zero-order chi connectivity index (χ0) is 16.1. The summed E-state index contributed by atoms with van der Waals surface area (Å²) in [5, 5.41) is 8.17. The van der Waals surface area contributed by atoms with E-state index in [1.807, 2.05) is 48.4 Å². The van der Waals surface area contributed by atoms with E-state index in [1.165, 1.54) is 0 Å². The molecule has 0 aliphatic carbocycles. The Hall–Kier alpha value is -2.47. The van der Waals surface area contributed by atoms with Gasteiger partial charge in [-0.3, -0.25) is 4.79 Å². The molecule has 0 bridgehead atoms. The molecule has 23 heavy (non-hydrogen) atoms. The Morgan fingerprint density at radius 1 is 1.39 bits per heavy atom. The maximum Gasteiger partial charge on any atom is 0.247 e. The molecule has 3 rings (SSSR count). The van der Waals surface area contributed by atoms with Gasteiger partial charge in [0, 0.05) is 12.6 Å². The summed E-state index contributed by atoms with van der Waals surface area (Å²) in [7, 11) is 0. The van der Waals surface area contributed by atoms with Crippen LogP contribution < -0.4 is 0 Å². The van der Waals surface area contributed by atoms with Crippen molar-refractivity contribution in [2.75, 3.05) is 19.8 Å². The van der Waals surface area contributed by atoms with Gasteiger partial charge in [0.05, 0.1) is 32.0 Å². The summed E-state index contributed by atoms with van der Waals surface area (Å²) in [6.07, 6.45) is 5.09. The van der Waals surface area contributed by atoms with Crippen molar-refractivity contribution < 1.29 is 9.53 Å². The Balaban J connectivity index is 1.61. The molecule has 2 aromatic rings. The van der Waals surface area contributed by atoms with Gasteiger partial charge in [0.2, 0.25) is 5.91 Å². The highest BCUT2D eigenvalue weighted by molar-refractivity contribution is 5.91. The summed E-state index contributed by atoms with van der Waals surface area (Å²) in [5.74, 6) is -0.0154. The predicted octanol–water partition coefficient (Wildman–Crippen LogP) is 1.59. The molecule has 1 aliphatic rings. The van der Waals surface area contributed by atoms with Crippen molar-refractivity contribution in [3.63, 3.8) is 0 Å². The van der Waals surface area contributed by atoms with Crippen LogP contribution in [0.5, 0.6) is 0 Å². The Kier molecular flexibility index (Phi) is 4.83. The van der Waals surface area contributed by atoms with E-state index in [4.69, 9.17) is 4.74 Å². The van der Waals surface area contributed by atoms with Gasteiger partial charge in [-0.05, 0) is 18.6 Å². The van der Waals surface area contributed by atoms with Gasteiger partial charge in [-0.1, -0.05) is 35.5 Å². The Labute approximate surface area is 135 Å². The summed E-state index contributed by atoms with van der Waals surface area (Å²) in [6, 6.07) is 10.2. The van der Waals surface area contributed by atoms with Crippen molar-refractivity contribution >= 4 is 12.0 Å². The van der Waals surface area contributed by atoms with Gasteiger partial charge in [0.1, 0.15) is 5.69 Å². The third-order valence-corrected chi connectivity index (χ3v) is 3.79. The van der Waals surface area contributed by atoms with Crippen LogP contribution in [0.1, 0.15) is 18.2 Å². The zero-order valence-corrected chi connectivity index (χ0v) is 13.1. The lowest BCUT2D eigenvalue weighted by Gasteiger charge is -2.32. The number of hydrogen-bond donors (Lipinski definition) is 0. The Bertz CT molecular complexity index is 681. The van der Waals surface area contributed by atoms with Gasteiger partial charge < -0.3 is 9.64 Å². The minimum absolute atomic E-state index is 0.0154. The van der Waals surface area contributed by atoms with Crippen molar-refractivity contribution in [2.24, 2.45) is 0 Å². The molecule has 1 unspecified atom stereocenters. The van der Waals surface area contributed by atoms with E-state index >= 15 is 0 Å². The van der Waals surface area contributed by atoms with Crippen molar-refractivity contribution in [1.29, 1.82) is 0 Å². The first-order valence-corrected chi connectivity index (χ1v) is 7.73. The fourth-order valence-electron chi connectivity index (χ4n) is 2.54. The van der Waals surface area contributed by atoms with Gasteiger partial charge in [-0.2, -0.15) is 0 Å². The van der Waals surface area contributed by atoms with Crippen molar-refractivity contribution in [3.8, 4) is 0 Å². The van der Waals surface area contributed by atoms with E-state index in [0.717, 1.165) is 5.56 Å². The number of amides is 1. The topological polar surface area (TPSA) is 60.2 Å². The number of carbonyl (C=O) groups excluding carboxylic acids is 1. The Morgan fingerprint density at radius 3 is 3.00 bits per heavy atom. The quantitative estimate of drug-likeness (QED) is 0.804. The standard InChI is InChI=1S/C17H20N4O2/c1-14-13-23-10-9-21(14)17(22)8-7-16-12-20(19-18-16)11-15-5-3-2-4-6-15/h2-8,12,14H,9-11,13H2,1H3/b8-7+. The summed E-state index contributed by atoms with van der Waals surface area (Å²) in [4.78, 5) is 14.0. The minimum atomic E-state index is -0.0154. The third-order valence-electron chi connectivity index (χ3n) is 3.79. The molecule has 6 nitrogen and oxygen atoms in total. The van der Waals surface area contributed by atoms with Gasteiger partial charge >= 0.3 is 0 Å². The molecule has 1 aliphatic heterocycles. The lowest BCUT2D eigenvalue weighted by molar-refractivity contribution is -0.133. The molecule has 1 fully saturated rings. The molecular formula is C17H20N4O2. The van der Waals surface area contributed by atoms with E-state index in [9.17, 15) is 4.79 Å². The predicted molar refractivity (Wildman–Crippen MR) is 86.6 cm³/mol. The highest BCUT2D eigenvalue weighted by Gasteiger charge is 2.21. The van der Waals surface area contributed by atoms with Crippen LogP contribution in [-0.2, 0) is 16.1 Å². The molecule has 0 radical (unpaired) electrons. The molecule has 0 N–H and O–H groups in total. The number of ether oxygens (including phenoxy) is 1. The maximum absolute atomic E-state index is 12.2. The van der Waals surface area contributed by atoms with E-state index in [2.05, 4.69) is 10.3 Å². The summed E-state index contributed by atoms with van der Waals surface area (Å²) >= 11 is 0. The van der Waals surface area contributed by atoms with Gasteiger partial charge in [-0.15, -0.1) is 5.10 Å². The molecule has 120 valence electrons. The smallest absolute Gasteiger partial charge is 0.247 e. The monoisotopic (exact) mass is 312 g/mol. The molecule has 6 heteroatoms. The summed E-state index contributed by atoms with van der Waals surface area (Å²) < 4.78 is 7.10. The van der Waals surface area contributed by atoms with E-state index < -0.39 is 0 Å². The lowest BCUT2D eigenvalue weighted by Crippen LogP contribution is -2.46. The Morgan fingerprint density at radius 2 is 2.22 bits per heavy atom. The normalized spacial score (nSPS) is 18.5. The van der Waals surface area contributed by atoms with Crippen LogP contribution in [0.15, 0.2) is 42.6 Å². The summed E-state index contributed by atoms with van der Waals surface area (Å²) in [5.41, 5.74) is 1.83. The lowest BCUT2D eigenvalue weighted by atomic mass is 10.2. The third kappa shape index (κ3) is 4.04. The van der Waals surface area contributed by atoms with Crippen LogP contribution >= 0.6 is 0 Å². The van der Waals surface area contributed by atoms with Crippen LogP contribution in [0.25, 0.3) is 6.08 Å². The number of rotatable bonds is 4. The fraction of sp³-hybridized carbons (Fsp3) is 0.353. The largest absolute Gasteiger partial charge is 0.377 e. The second-order valence-electron chi connectivity index (χ2n) is 5.62. The molecule has 0 saturated carbocycles. The molecule has 1 saturated heterocycles. The van der Waals surface area contributed by atoms with E-state index in [0.29, 0.717) is 32.0 Å². The first-order chi connectivity index (χ1) is 11.2. The number of carbonyl (C=O) groups is 1. The first kappa shape index (κ1) is 15.4. The highest BCUT2D eigenvalue weighted by atomic mass is 16.5. The van der Waals surface area contributed by atoms with Gasteiger partial charge in [-0.25, -0.2) is 4.68 Å². The van der Waals surface area contributed by atoms with Crippen molar-refractivity contribution in [2.45, 2.75) is 19.5 Å². The molecular weight excluding hydrogens is 292 g/mol. The first-order valence-electron chi connectivity index (χ1n) is 7.73. The zero-order valence-electron chi connectivity index (χ0n) is 13.1. The molecule has 0 spiro atoms. The average Bonchev–Trinajstić information content (AvgIpc) is 3.01. The molecule has 1 amide bonds. The van der Waals surface area contributed by atoms with Crippen LogP contribution in [0.3, 0.4) is 0 Å². The van der Waals surface area contributed by atoms with Crippen LogP contribution in [0.4, 0.5) is 0 Å². The maximum atomic E-state index is 12.2. The number of benzene rings is 1. The SMILES string of the molecule is CC1COCCN1C(=O)/C=C/c1cn(Cc2ccccc2)nn1. The molecule has 1 aromatic carbocycles. The van der Waals surface area contributed by atoms with Gasteiger partial charge in [0.25, 0.3) is 0 Å². The van der Waals surface area contributed by atoms with Crippen LogP contribution in [0.2, 0.25) is 0 Å². The van der Waals surface area contributed by atoms with Crippen molar-refractivity contribution in [1.82, 2.24) is 19.9 Å². The van der Waals surface area contributed by atoms with Gasteiger partial charge in [0.15, 0.2) is 0 Å². The van der Waals surface area contributed by atoms with Crippen molar-refractivity contribution in [3.05, 3.63) is 53.9 Å². The average molecular weight is 312 g/mol. The number of aromatic nitrogens is 3. The highest BCUT2D eigenvalue weighted by Crippen LogP contribution is 2.08. The molecule has 1 aromatic heterocycles. The van der Waals surface area contributed by atoms with Crippen LogP contribution in [0, 0.1) is 0 Å². The van der Waals surface area contributed by atoms with Crippen LogP contribution in [-0.4, -0.2) is 51.6 Å². The molecule has 2 heterocycles. The van der Waals surface area contributed by atoms with E-state index in [-0.39, 0.29) is 11.9 Å². The second kappa shape index (κ2) is 7.19. The second-order valence-corrected chi connectivity index (χ2v) is 5.62. The number of morpholine rings is 1. The number of hydrogen-bond acceptors (Lipinski definition) is 4.